The summed E-state index contributed by atoms with van der Waals surface area (Å²) in [6.45, 7) is 0. The molecule has 0 aliphatic carbocycles. The van der Waals surface area contributed by atoms with E-state index in [1.165, 1.54) is 0 Å². The number of carbonyl (C=O) groups excluding carboxylic acids is 2. The van der Waals surface area contributed by atoms with Crippen LogP contribution in [0.3, 0.4) is 0 Å². The molecule has 21 heavy (non-hydrogen) atoms. The Bertz CT molecular complexity index is 625. The number of amides is 2. The van der Waals surface area contributed by atoms with Crippen molar-refractivity contribution in [2.45, 2.75) is 19.0 Å². The molecule has 0 bridgehead atoms. The summed E-state index contributed by atoms with van der Waals surface area (Å²) in [6, 6.07) is 2.11. The summed E-state index contributed by atoms with van der Waals surface area (Å²) in [7, 11) is 0. The first-order valence-corrected chi connectivity index (χ1v) is 5.81. The Morgan fingerprint density at radius 1 is 1.29 bits per heavy atom. The zero-order valence-corrected chi connectivity index (χ0v) is 10.4. The van der Waals surface area contributed by atoms with Crippen molar-refractivity contribution in [1.29, 1.82) is 0 Å². The van der Waals surface area contributed by atoms with Gasteiger partial charge in [0.05, 0.1) is 5.56 Å². The third-order valence-corrected chi connectivity index (χ3v) is 2.70. The Morgan fingerprint density at radius 2 is 2.00 bits per heavy atom. The fourth-order valence-corrected chi connectivity index (χ4v) is 1.66. The second-order valence-corrected chi connectivity index (χ2v) is 4.24. The molecule has 0 saturated carbocycles. The Balaban J connectivity index is 2.17. The second-order valence-electron chi connectivity index (χ2n) is 4.24. The lowest BCUT2D eigenvalue weighted by Crippen LogP contribution is -2.32. The molecule has 1 aliphatic heterocycles. The average molecular weight is 303 g/mol. The van der Waals surface area contributed by atoms with Crippen molar-refractivity contribution in [3.05, 3.63) is 29.6 Å². The SMILES string of the molecule is O=C1CCC(C(=O)Nc2ccc(F)c(C(F)(F)F)c2)=NN1. The van der Waals surface area contributed by atoms with Crippen LogP contribution in [0.5, 0.6) is 0 Å². The third-order valence-electron chi connectivity index (χ3n) is 2.70. The first-order valence-electron chi connectivity index (χ1n) is 5.81. The van der Waals surface area contributed by atoms with E-state index in [0.717, 1.165) is 6.07 Å². The van der Waals surface area contributed by atoms with Crippen LogP contribution in [0.15, 0.2) is 23.3 Å². The van der Waals surface area contributed by atoms with E-state index in [4.69, 9.17) is 0 Å². The number of hydrazone groups is 1. The highest BCUT2D eigenvalue weighted by Crippen LogP contribution is 2.33. The molecule has 0 fully saturated rings. The van der Waals surface area contributed by atoms with Gasteiger partial charge in [0.1, 0.15) is 11.5 Å². The van der Waals surface area contributed by atoms with E-state index in [2.05, 4.69) is 15.8 Å². The molecule has 0 unspecified atom stereocenters. The molecule has 0 atom stereocenters. The fourth-order valence-electron chi connectivity index (χ4n) is 1.66. The molecule has 2 N–H and O–H groups in total. The average Bonchev–Trinajstić information content (AvgIpc) is 2.40. The van der Waals surface area contributed by atoms with E-state index >= 15 is 0 Å². The number of halogens is 4. The van der Waals surface area contributed by atoms with Crippen LogP contribution in [0.4, 0.5) is 23.2 Å². The topological polar surface area (TPSA) is 70.6 Å². The first-order chi connectivity index (χ1) is 9.77. The highest BCUT2D eigenvalue weighted by Gasteiger charge is 2.34. The Hall–Kier alpha value is -2.45. The van der Waals surface area contributed by atoms with Gasteiger partial charge in [-0.25, -0.2) is 9.82 Å². The van der Waals surface area contributed by atoms with Crippen LogP contribution in [-0.4, -0.2) is 17.5 Å². The maximum Gasteiger partial charge on any atom is 0.419 e. The minimum atomic E-state index is -4.86. The minimum absolute atomic E-state index is 0.0208. The number of nitrogens with zero attached hydrogens (tertiary/aromatic N) is 1. The van der Waals surface area contributed by atoms with Gasteiger partial charge in [-0.1, -0.05) is 0 Å². The summed E-state index contributed by atoms with van der Waals surface area (Å²) in [5.74, 6) is -2.54. The van der Waals surface area contributed by atoms with Gasteiger partial charge >= 0.3 is 6.18 Å². The lowest BCUT2D eigenvalue weighted by atomic mass is 10.1. The highest BCUT2D eigenvalue weighted by atomic mass is 19.4. The van der Waals surface area contributed by atoms with Gasteiger partial charge in [0, 0.05) is 18.5 Å². The molecule has 5 nitrogen and oxygen atoms in total. The largest absolute Gasteiger partial charge is 0.419 e. The van der Waals surface area contributed by atoms with Crippen LogP contribution in [0.25, 0.3) is 0 Å². The zero-order valence-electron chi connectivity index (χ0n) is 10.4. The number of carbonyl (C=O) groups is 2. The van der Waals surface area contributed by atoms with Crippen molar-refractivity contribution < 1.29 is 27.2 Å². The van der Waals surface area contributed by atoms with Gasteiger partial charge in [0.15, 0.2) is 0 Å². The summed E-state index contributed by atoms with van der Waals surface area (Å²) in [6.07, 6.45) is -4.73. The van der Waals surface area contributed by atoms with Gasteiger partial charge in [-0.3, -0.25) is 9.59 Å². The van der Waals surface area contributed by atoms with Crippen molar-refractivity contribution in [2.24, 2.45) is 5.10 Å². The van der Waals surface area contributed by atoms with Gasteiger partial charge in [-0.2, -0.15) is 18.3 Å². The summed E-state index contributed by atoms with van der Waals surface area (Å²) < 4.78 is 50.7. The smallest absolute Gasteiger partial charge is 0.321 e. The molecule has 112 valence electrons. The van der Waals surface area contributed by atoms with Crippen molar-refractivity contribution in [1.82, 2.24) is 5.43 Å². The summed E-state index contributed by atoms with van der Waals surface area (Å²) in [5, 5.41) is 5.68. The van der Waals surface area contributed by atoms with Crippen LogP contribution < -0.4 is 10.7 Å². The Labute approximate surface area is 116 Å². The Kier molecular flexibility index (Phi) is 3.92. The van der Waals surface area contributed by atoms with Gasteiger partial charge < -0.3 is 5.32 Å². The minimum Gasteiger partial charge on any atom is -0.321 e. The number of rotatable bonds is 2. The van der Waals surface area contributed by atoms with E-state index in [9.17, 15) is 27.2 Å². The summed E-state index contributed by atoms with van der Waals surface area (Å²) >= 11 is 0. The molecule has 0 spiro atoms. The van der Waals surface area contributed by atoms with Crippen LogP contribution in [0, 0.1) is 5.82 Å². The number of nitrogens with one attached hydrogen (secondary N) is 2. The molecular weight excluding hydrogens is 294 g/mol. The van der Waals surface area contributed by atoms with Gasteiger partial charge in [0.2, 0.25) is 5.91 Å². The van der Waals surface area contributed by atoms with Crippen LogP contribution in [0.2, 0.25) is 0 Å². The van der Waals surface area contributed by atoms with Crippen LogP contribution in [0.1, 0.15) is 18.4 Å². The summed E-state index contributed by atoms with van der Waals surface area (Å²) in [4.78, 5) is 22.6. The highest BCUT2D eigenvalue weighted by molar-refractivity contribution is 6.43. The monoisotopic (exact) mass is 303 g/mol. The molecule has 1 aromatic rings. The van der Waals surface area contributed by atoms with E-state index in [0.29, 0.717) is 12.1 Å². The van der Waals surface area contributed by atoms with Crippen molar-refractivity contribution in [3.63, 3.8) is 0 Å². The van der Waals surface area contributed by atoms with Crippen molar-refractivity contribution >= 4 is 23.2 Å². The Morgan fingerprint density at radius 3 is 2.57 bits per heavy atom. The molecular formula is C12H9F4N3O2. The van der Waals surface area contributed by atoms with Gasteiger partial charge in [-0.15, -0.1) is 0 Å². The molecule has 9 heteroatoms. The maximum absolute atomic E-state index is 13.1. The summed E-state index contributed by atoms with van der Waals surface area (Å²) in [5.41, 5.74) is 0.383. The number of hydrogen-bond acceptors (Lipinski definition) is 3. The quantitative estimate of drug-likeness (QED) is 0.821. The lowest BCUT2D eigenvalue weighted by molar-refractivity contribution is -0.140. The van der Waals surface area contributed by atoms with E-state index in [1.807, 2.05) is 0 Å². The van der Waals surface area contributed by atoms with Crippen LogP contribution in [-0.2, 0) is 15.8 Å². The number of hydrogen-bond donors (Lipinski definition) is 2. The molecule has 0 radical (unpaired) electrons. The molecule has 2 rings (SSSR count). The van der Waals surface area contributed by atoms with Gasteiger partial charge in [0.25, 0.3) is 5.91 Å². The predicted molar refractivity (Wildman–Crippen MR) is 64.8 cm³/mol. The number of benzene rings is 1. The normalized spacial score (nSPS) is 15.2. The van der Waals surface area contributed by atoms with E-state index in [-0.39, 0.29) is 30.1 Å². The molecule has 0 saturated heterocycles. The predicted octanol–water partition coefficient (Wildman–Crippen LogP) is 2.05. The van der Waals surface area contributed by atoms with Crippen LogP contribution >= 0.6 is 0 Å². The molecule has 0 aromatic heterocycles. The lowest BCUT2D eigenvalue weighted by Gasteiger charge is -2.13. The molecule has 1 aliphatic rings. The van der Waals surface area contributed by atoms with Crippen molar-refractivity contribution in [2.75, 3.05) is 5.32 Å². The fraction of sp³-hybridized carbons (Fsp3) is 0.250. The number of anilines is 1. The molecule has 2 amide bonds. The standard InChI is InChI=1S/C12H9F4N3O2/c13-8-2-1-6(5-7(8)12(14,15)16)17-11(21)9-3-4-10(20)19-18-9/h1-2,5H,3-4H2,(H,17,21)(H,19,20). The van der Waals surface area contributed by atoms with Crippen molar-refractivity contribution in [3.8, 4) is 0 Å². The third kappa shape index (κ3) is 3.56. The number of alkyl halides is 3. The molecule has 1 heterocycles. The van der Waals surface area contributed by atoms with Gasteiger partial charge in [-0.05, 0) is 18.2 Å². The zero-order chi connectivity index (χ0) is 15.6. The van der Waals surface area contributed by atoms with E-state index in [1.54, 1.807) is 0 Å². The molecule has 1 aromatic carbocycles. The van der Waals surface area contributed by atoms with E-state index < -0.39 is 23.5 Å². The maximum atomic E-state index is 13.1. The first kappa shape index (κ1) is 14.9. The second kappa shape index (κ2) is 5.51.